The van der Waals surface area contributed by atoms with E-state index in [1.54, 1.807) is 23.1 Å². The van der Waals surface area contributed by atoms with E-state index in [-0.39, 0.29) is 29.5 Å². The number of halogens is 5. The molecule has 10 heteroatoms. The van der Waals surface area contributed by atoms with Crippen molar-refractivity contribution in [2.75, 3.05) is 11.9 Å². The van der Waals surface area contributed by atoms with Crippen LogP contribution < -0.4 is 5.32 Å². The fourth-order valence-corrected chi connectivity index (χ4v) is 4.77. The van der Waals surface area contributed by atoms with E-state index < -0.39 is 23.5 Å². The van der Waals surface area contributed by atoms with Gasteiger partial charge in [-0.15, -0.1) is 0 Å². The maximum Gasteiger partial charge on any atom is 0.419 e. The van der Waals surface area contributed by atoms with E-state index >= 15 is 0 Å². The summed E-state index contributed by atoms with van der Waals surface area (Å²) in [5.74, 6) is -2.21. The monoisotopic (exact) mass is 541 g/mol. The maximum atomic E-state index is 13.9. The SMILES string of the molecule is O=C(Cc1ccc(C(F)(F)F)c(F)c1)Nc1c(Cl)ccc2c1CCN(C(=O)c1ccc3ccccc3n1)C2. The van der Waals surface area contributed by atoms with Crippen LogP contribution in [0, 0.1) is 5.82 Å². The highest BCUT2D eigenvalue weighted by Crippen LogP contribution is 2.34. The van der Waals surface area contributed by atoms with Gasteiger partial charge >= 0.3 is 6.18 Å². The van der Waals surface area contributed by atoms with Gasteiger partial charge in [0.2, 0.25) is 5.91 Å². The summed E-state index contributed by atoms with van der Waals surface area (Å²) in [5.41, 5.74) is 1.69. The minimum absolute atomic E-state index is 0.0913. The van der Waals surface area contributed by atoms with E-state index in [1.807, 2.05) is 30.3 Å². The number of aromatic nitrogens is 1. The van der Waals surface area contributed by atoms with Gasteiger partial charge in [-0.25, -0.2) is 9.37 Å². The Labute approximate surface area is 220 Å². The Morgan fingerprint density at radius 3 is 2.58 bits per heavy atom. The summed E-state index contributed by atoms with van der Waals surface area (Å²) in [6.45, 7) is 0.653. The molecule has 2 heterocycles. The molecule has 0 fully saturated rings. The number of rotatable bonds is 4. The summed E-state index contributed by atoms with van der Waals surface area (Å²) >= 11 is 6.36. The molecule has 38 heavy (non-hydrogen) atoms. The van der Waals surface area contributed by atoms with Gasteiger partial charge in [0, 0.05) is 18.5 Å². The average Bonchev–Trinajstić information content (AvgIpc) is 2.88. The molecular weight excluding hydrogens is 522 g/mol. The van der Waals surface area contributed by atoms with Gasteiger partial charge in [0.15, 0.2) is 0 Å². The third kappa shape index (κ3) is 5.19. The number of carbonyl (C=O) groups excluding carboxylic acids is 2. The lowest BCUT2D eigenvalue weighted by atomic mass is 9.97. The molecule has 5 rings (SSSR count). The summed E-state index contributed by atoms with van der Waals surface area (Å²) < 4.78 is 52.3. The second kappa shape index (κ2) is 10.1. The van der Waals surface area contributed by atoms with Crippen molar-refractivity contribution >= 4 is 40.0 Å². The van der Waals surface area contributed by atoms with Gasteiger partial charge in [-0.3, -0.25) is 9.59 Å². The van der Waals surface area contributed by atoms with Crippen molar-refractivity contribution < 1.29 is 27.2 Å². The number of fused-ring (bicyclic) bond motifs is 2. The van der Waals surface area contributed by atoms with E-state index in [4.69, 9.17) is 11.6 Å². The van der Waals surface area contributed by atoms with Gasteiger partial charge in [-0.05, 0) is 53.4 Å². The van der Waals surface area contributed by atoms with Gasteiger partial charge in [0.1, 0.15) is 11.5 Å². The first-order valence-electron chi connectivity index (χ1n) is 11.7. The van der Waals surface area contributed by atoms with E-state index in [9.17, 15) is 27.2 Å². The van der Waals surface area contributed by atoms with E-state index in [2.05, 4.69) is 10.3 Å². The highest BCUT2D eigenvalue weighted by atomic mass is 35.5. The molecule has 4 aromatic rings. The molecule has 0 aliphatic carbocycles. The van der Waals surface area contributed by atoms with Crippen LogP contribution in [0.15, 0.2) is 66.7 Å². The van der Waals surface area contributed by atoms with Crippen molar-refractivity contribution in [1.29, 1.82) is 0 Å². The van der Waals surface area contributed by atoms with Gasteiger partial charge in [-0.1, -0.05) is 48.0 Å². The molecule has 1 aromatic heterocycles. The molecule has 0 saturated carbocycles. The van der Waals surface area contributed by atoms with Crippen LogP contribution in [0.5, 0.6) is 0 Å². The quantitative estimate of drug-likeness (QED) is 0.303. The van der Waals surface area contributed by atoms with Crippen LogP contribution in [0.2, 0.25) is 5.02 Å². The second-order valence-corrected chi connectivity index (χ2v) is 9.37. The standard InChI is InChI=1S/C28H20ClF4N3O2/c29-21-9-6-18-15-36(27(38)24-10-7-17-3-1-2-4-23(17)34-24)12-11-19(18)26(21)35-25(37)14-16-5-8-20(22(30)13-16)28(31,32)33/h1-10,13H,11-12,14-15H2,(H,35,37). The highest BCUT2D eigenvalue weighted by molar-refractivity contribution is 6.34. The van der Waals surface area contributed by atoms with Crippen molar-refractivity contribution in [3.63, 3.8) is 0 Å². The van der Waals surface area contributed by atoms with Crippen molar-refractivity contribution in [2.45, 2.75) is 25.6 Å². The van der Waals surface area contributed by atoms with Crippen molar-refractivity contribution in [3.8, 4) is 0 Å². The van der Waals surface area contributed by atoms with Crippen molar-refractivity contribution in [2.24, 2.45) is 0 Å². The second-order valence-electron chi connectivity index (χ2n) is 8.96. The van der Waals surface area contributed by atoms with Crippen LogP contribution >= 0.6 is 11.6 Å². The van der Waals surface area contributed by atoms with Crippen LogP contribution in [-0.4, -0.2) is 28.2 Å². The number of nitrogens with one attached hydrogen (secondary N) is 1. The Kier molecular flexibility index (Phi) is 6.79. The van der Waals surface area contributed by atoms with E-state index in [0.29, 0.717) is 36.5 Å². The lowest BCUT2D eigenvalue weighted by molar-refractivity contribution is -0.140. The number of pyridine rings is 1. The average molecular weight is 542 g/mol. The smallest absolute Gasteiger partial charge is 0.333 e. The number of amides is 2. The van der Waals surface area contributed by atoms with Crippen molar-refractivity contribution in [1.82, 2.24) is 9.88 Å². The van der Waals surface area contributed by atoms with Crippen LogP contribution in [0.25, 0.3) is 10.9 Å². The van der Waals surface area contributed by atoms with Crippen LogP contribution in [-0.2, 0) is 30.4 Å². The Balaban J connectivity index is 1.31. The molecule has 0 saturated heterocycles. The highest BCUT2D eigenvalue weighted by Gasteiger charge is 2.34. The van der Waals surface area contributed by atoms with Gasteiger partial charge in [0.05, 0.1) is 28.2 Å². The minimum atomic E-state index is -4.82. The molecular formula is C28H20ClF4N3O2. The zero-order valence-corrected chi connectivity index (χ0v) is 20.5. The normalized spacial score (nSPS) is 13.3. The Morgan fingerprint density at radius 2 is 1.82 bits per heavy atom. The number of hydrogen-bond donors (Lipinski definition) is 1. The summed E-state index contributed by atoms with van der Waals surface area (Å²) in [7, 11) is 0. The zero-order chi connectivity index (χ0) is 27.0. The largest absolute Gasteiger partial charge is 0.419 e. The lowest BCUT2D eigenvalue weighted by Gasteiger charge is -2.30. The first-order chi connectivity index (χ1) is 18.1. The zero-order valence-electron chi connectivity index (χ0n) is 19.8. The van der Waals surface area contributed by atoms with E-state index in [0.717, 1.165) is 28.1 Å². The molecule has 1 aliphatic heterocycles. The van der Waals surface area contributed by atoms with Crippen molar-refractivity contribution in [3.05, 3.63) is 106 Å². The molecule has 5 nitrogen and oxygen atoms in total. The number of para-hydroxylation sites is 1. The first kappa shape index (κ1) is 25.7. The number of nitrogens with zero attached hydrogens (tertiary/aromatic N) is 2. The molecule has 194 valence electrons. The Hall–Kier alpha value is -3.98. The Morgan fingerprint density at radius 1 is 1.03 bits per heavy atom. The van der Waals surface area contributed by atoms with E-state index in [1.165, 1.54) is 0 Å². The fourth-order valence-electron chi connectivity index (χ4n) is 4.55. The summed E-state index contributed by atoms with van der Waals surface area (Å²) in [4.78, 5) is 32.0. The minimum Gasteiger partial charge on any atom is -0.333 e. The van der Waals surface area contributed by atoms with Crippen LogP contribution in [0.4, 0.5) is 23.2 Å². The molecule has 0 unspecified atom stereocenters. The maximum absolute atomic E-state index is 13.9. The van der Waals surface area contributed by atoms with Gasteiger partial charge in [-0.2, -0.15) is 13.2 Å². The third-order valence-electron chi connectivity index (χ3n) is 6.42. The molecule has 1 aliphatic rings. The molecule has 3 aromatic carbocycles. The van der Waals surface area contributed by atoms with Crippen LogP contribution in [0.3, 0.4) is 0 Å². The number of hydrogen-bond acceptors (Lipinski definition) is 3. The number of alkyl halides is 3. The number of carbonyl (C=O) groups is 2. The molecule has 2 amide bonds. The summed E-state index contributed by atoms with van der Waals surface area (Å²) in [6, 6.07) is 16.8. The fraction of sp³-hybridized carbons (Fsp3) is 0.179. The van der Waals surface area contributed by atoms with Crippen LogP contribution in [0.1, 0.15) is 32.7 Å². The third-order valence-corrected chi connectivity index (χ3v) is 6.74. The topological polar surface area (TPSA) is 62.3 Å². The lowest BCUT2D eigenvalue weighted by Crippen LogP contribution is -2.36. The molecule has 0 radical (unpaired) electrons. The molecule has 1 N–H and O–H groups in total. The first-order valence-corrected chi connectivity index (χ1v) is 12.1. The predicted molar refractivity (Wildman–Crippen MR) is 135 cm³/mol. The summed E-state index contributed by atoms with van der Waals surface area (Å²) in [5, 5.41) is 3.93. The molecule has 0 atom stereocenters. The Bertz CT molecular complexity index is 1570. The predicted octanol–water partition coefficient (Wildman–Crippen LogP) is 6.43. The molecule has 0 spiro atoms. The van der Waals surface area contributed by atoms with Gasteiger partial charge < -0.3 is 10.2 Å². The van der Waals surface area contributed by atoms with Gasteiger partial charge in [0.25, 0.3) is 5.91 Å². The summed E-state index contributed by atoms with van der Waals surface area (Å²) in [6.07, 6.45) is -4.74. The molecule has 0 bridgehead atoms. The number of anilines is 1. The number of benzene rings is 3.